The third-order valence-corrected chi connectivity index (χ3v) is 5.58. The first-order chi connectivity index (χ1) is 14.1. The van der Waals surface area contributed by atoms with E-state index in [1.54, 1.807) is 0 Å². The van der Waals surface area contributed by atoms with Crippen molar-refractivity contribution in [3.05, 3.63) is 24.3 Å². The fourth-order valence-electron chi connectivity index (χ4n) is 4.04. The summed E-state index contributed by atoms with van der Waals surface area (Å²) in [6.07, 6.45) is 11.4. The average Bonchev–Trinajstić information content (AvgIpc) is 2.69. The monoisotopic (exact) mass is 440 g/mol. The third-order valence-electron chi connectivity index (χ3n) is 5.58. The molecule has 0 bridgehead atoms. The maximum atomic E-state index is 12.5. The molecule has 1 aromatic carbocycles. The lowest BCUT2D eigenvalue weighted by atomic mass is 9.86. The van der Waals surface area contributed by atoms with E-state index in [1.165, 1.54) is 38.5 Å². The lowest BCUT2D eigenvalue weighted by Crippen LogP contribution is -2.37. The number of carbonyl (C=O) groups excluding carboxylic acids is 1. The van der Waals surface area contributed by atoms with Crippen LogP contribution in [-0.2, 0) is 4.74 Å². The van der Waals surface area contributed by atoms with Crippen LogP contribution < -0.4 is 10.1 Å². The molecule has 1 fully saturated rings. The minimum absolute atomic E-state index is 0. The molecule has 6 heteroatoms. The molecule has 0 aliphatic heterocycles. The number of anilines is 1. The van der Waals surface area contributed by atoms with Gasteiger partial charge in [-0.15, -0.1) is 12.4 Å². The summed E-state index contributed by atoms with van der Waals surface area (Å²) >= 11 is 0. The minimum Gasteiger partial charge on any atom is -0.491 e. The molecule has 172 valence electrons. The van der Waals surface area contributed by atoms with Gasteiger partial charge in [-0.1, -0.05) is 57.6 Å². The van der Waals surface area contributed by atoms with E-state index in [1.807, 2.05) is 24.3 Å². The Morgan fingerprint density at radius 1 is 1.07 bits per heavy atom. The SMILES string of the molecule is CCCCCCCCOc1ccccc1NC(=O)OC1CCCCC1CN(C)C.Cl. The second-order valence-corrected chi connectivity index (χ2v) is 8.49. The number of hydrogen-bond donors (Lipinski definition) is 1. The van der Waals surface area contributed by atoms with Crippen LogP contribution in [0.1, 0.15) is 71.1 Å². The molecule has 1 aromatic rings. The summed E-state index contributed by atoms with van der Waals surface area (Å²) in [7, 11) is 4.15. The van der Waals surface area contributed by atoms with Crippen molar-refractivity contribution in [3.63, 3.8) is 0 Å². The highest BCUT2D eigenvalue weighted by Gasteiger charge is 2.29. The summed E-state index contributed by atoms with van der Waals surface area (Å²) in [5.74, 6) is 1.12. The Morgan fingerprint density at radius 3 is 2.53 bits per heavy atom. The Labute approximate surface area is 189 Å². The van der Waals surface area contributed by atoms with E-state index in [9.17, 15) is 4.79 Å². The van der Waals surface area contributed by atoms with Crippen LogP contribution in [0.4, 0.5) is 10.5 Å². The zero-order valence-electron chi connectivity index (χ0n) is 19.0. The Morgan fingerprint density at radius 2 is 1.77 bits per heavy atom. The molecular weight excluding hydrogens is 400 g/mol. The van der Waals surface area contributed by atoms with Crippen molar-refractivity contribution in [3.8, 4) is 5.75 Å². The number of unbranched alkanes of at least 4 members (excludes halogenated alkanes) is 5. The summed E-state index contributed by atoms with van der Waals surface area (Å²) < 4.78 is 11.7. The molecule has 1 amide bonds. The van der Waals surface area contributed by atoms with Gasteiger partial charge in [-0.05, 0) is 51.9 Å². The van der Waals surface area contributed by atoms with Gasteiger partial charge in [-0.3, -0.25) is 5.32 Å². The van der Waals surface area contributed by atoms with Crippen molar-refractivity contribution in [2.24, 2.45) is 5.92 Å². The van der Waals surface area contributed by atoms with Gasteiger partial charge in [0.15, 0.2) is 0 Å². The normalized spacial score (nSPS) is 18.5. The molecule has 30 heavy (non-hydrogen) atoms. The molecule has 0 heterocycles. The number of carbonyl (C=O) groups is 1. The fraction of sp³-hybridized carbons (Fsp3) is 0.708. The summed E-state index contributed by atoms with van der Waals surface area (Å²) in [6.45, 7) is 3.86. The molecule has 2 unspecified atom stereocenters. The van der Waals surface area contributed by atoms with Crippen LogP contribution in [0.15, 0.2) is 24.3 Å². The molecule has 1 N–H and O–H groups in total. The van der Waals surface area contributed by atoms with Crippen LogP contribution >= 0.6 is 12.4 Å². The molecule has 1 aliphatic carbocycles. The van der Waals surface area contributed by atoms with E-state index in [0.717, 1.165) is 32.2 Å². The number of benzene rings is 1. The molecule has 5 nitrogen and oxygen atoms in total. The Kier molecular flexibility index (Phi) is 13.6. The highest BCUT2D eigenvalue weighted by Crippen LogP contribution is 2.29. The van der Waals surface area contributed by atoms with E-state index in [0.29, 0.717) is 24.0 Å². The number of ether oxygens (including phenoxy) is 2. The minimum atomic E-state index is -0.378. The molecule has 1 saturated carbocycles. The standard InChI is InChI=1S/C24H40N2O3.ClH/c1-4-5-6-7-8-13-18-28-23-17-12-10-15-21(23)25-24(27)29-22-16-11-9-14-20(22)19-26(2)3;/h10,12,15,17,20,22H,4-9,11,13-14,16,18-19H2,1-3H3,(H,25,27);1H. The third kappa shape index (κ3) is 10.0. The van der Waals surface area contributed by atoms with Crippen LogP contribution in [0, 0.1) is 5.92 Å². The van der Waals surface area contributed by atoms with Crippen molar-refractivity contribution in [2.45, 2.75) is 77.2 Å². The van der Waals surface area contributed by atoms with Gasteiger partial charge in [0.2, 0.25) is 0 Å². The van der Waals surface area contributed by atoms with Gasteiger partial charge in [-0.2, -0.15) is 0 Å². The Bertz CT molecular complexity index is 598. The lowest BCUT2D eigenvalue weighted by Gasteiger charge is -2.32. The van der Waals surface area contributed by atoms with Gasteiger partial charge in [-0.25, -0.2) is 4.79 Å². The molecule has 0 saturated heterocycles. The molecule has 2 atom stereocenters. The first-order valence-corrected chi connectivity index (χ1v) is 11.4. The zero-order valence-corrected chi connectivity index (χ0v) is 19.8. The van der Waals surface area contributed by atoms with Gasteiger partial charge < -0.3 is 14.4 Å². The lowest BCUT2D eigenvalue weighted by molar-refractivity contribution is 0.0357. The van der Waals surface area contributed by atoms with E-state index in [4.69, 9.17) is 9.47 Å². The summed E-state index contributed by atoms with van der Waals surface area (Å²) in [5, 5.41) is 2.90. The number of hydrogen-bond acceptors (Lipinski definition) is 4. The zero-order chi connectivity index (χ0) is 20.9. The maximum absolute atomic E-state index is 12.5. The van der Waals surface area contributed by atoms with Gasteiger partial charge in [0.25, 0.3) is 0 Å². The summed E-state index contributed by atoms with van der Waals surface area (Å²) in [5.41, 5.74) is 0.684. The quantitative estimate of drug-likeness (QED) is 0.376. The van der Waals surface area contributed by atoms with E-state index in [2.05, 4.69) is 31.2 Å². The highest BCUT2D eigenvalue weighted by atomic mass is 35.5. The van der Waals surface area contributed by atoms with Crippen molar-refractivity contribution < 1.29 is 14.3 Å². The number of nitrogens with one attached hydrogen (secondary N) is 1. The predicted molar refractivity (Wildman–Crippen MR) is 127 cm³/mol. The number of nitrogens with zero attached hydrogens (tertiary/aromatic N) is 1. The van der Waals surface area contributed by atoms with E-state index < -0.39 is 0 Å². The largest absolute Gasteiger partial charge is 0.491 e. The van der Waals surface area contributed by atoms with Crippen molar-refractivity contribution in [2.75, 3.05) is 32.6 Å². The van der Waals surface area contributed by atoms with Gasteiger partial charge in [0, 0.05) is 12.5 Å². The molecule has 0 radical (unpaired) electrons. The van der Waals surface area contributed by atoms with Crippen LogP contribution in [0.2, 0.25) is 0 Å². The van der Waals surface area contributed by atoms with Crippen LogP contribution in [0.25, 0.3) is 0 Å². The molecule has 0 aromatic heterocycles. The van der Waals surface area contributed by atoms with Crippen LogP contribution in [-0.4, -0.2) is 44.3 Å². The second-order valence-electron chi connectivity index (χ2n) is 8.49. The Balaban J connectivity index is 0.00000450. The highest BCUT2D eigenvalue weighted by molar-refractivity contribution is 5.86. The number of halogens is 1. The van der Waals surface area contributed by atoms with Gasteiger partial charge in [0.05, 0.1) is 12.3 Å². The predicted octanol–water partition coefficient (Wildman–Crippen LogP) is 6.52. The summed E-state index contributed by atoms with van der Waals surface area (Å²) in [4.78, 5) is 14.7. The molecule has 0 spiro atoms. The number of para-hydroxylation sites is 2. The van der Waals surface area contributed by atoms with Crippen molar-refractivity contribution >= 4 is 24.2 Å². The average molecular weight is 441 g/mol. The first kappa shape index (κ1) is 26.6. The van der Waals surface area contributed by atoms with E-state index >= 15 is 0 Å². The molecule has 1 aliphatic rings. The maximum Gasteiger partial charge on any atom is 0.412 e. The number of rotatable bonds is 12. The number of amides is 1. The van der Waals surface area contributed by atoms with E-state index in [-0.39, 0.29) is 24.6 Å². The molecule has 2 rings (SSSR count). The van der Waals surface area contributed by atoms with Gasteiger partial charge >= 0.3 is 6.09 Å². The summed E-state index contributed by atoms with van der Waals surface area (Å²) in [6, 6.07) is 7.61. The van der Waals surface area contributed by atoms with Crippen molar-refractivity contribution in [1.29, 1.82) is 0 Å². The Hall–Kier alpha value is -1.46. The van der Waals surface area contributed by atoms with Crippen LogP contribution in [0.5, 0.6) is 5.75 Å². The first-order valence-electron chi connectivity index (χ1n) is 11.4. The van der Waals surface area contributed by atoms with Crippen LogP contribution in [0.3, 0.4) is 0 Å². The molecular formula is C24H41ClN2O3. The second kappa shape index (κ2) is 15.4. The fourth-order valence-corrected chi connectivity index (χ4v) is 4.04. The topological polar surface area (TPSA) is 50.8 Å². The smallest absolute Gasteiger partial charge is 0.412 e. The van der Waals surface area contributed by atoms with Gasteiger partial charge in [0.1, 0.15) is 11.9 Å². The van der Waals surface area contributed by atoms with Crippen molar-refractivity contribution in [1.82, 2.24) is 4.90 Å².